The van der Waals surface area contributed by atoms with Crippen molar-refractivity contribution in [1.82, 2.24) is 9.80 Å². The molecule has 0 N–H and O–H groups in total. The van der Waals surface area contributed by atoms with Gasteiger partial charge in [-0.25, -0.2) is 0 Å². The van der Waals surface area contributed by atoms with Gasteiger partial charge in [-0.2, -0.15) is 0 Å². The molecule has 6 rings (SSSR count). The zero-order chi connectivity index (χ0) is 36.9. The first-order valence-electron chi connectivity index (χ1n) is 19.2. The average Bonchev–Trinajstić information content (AvgIpc) is 3.19. The number of rotatable bonds is 13. The van der Waals surface area contributed by atoms with Crippen molar-refractivity contribution in [2.24, 2.45) is 0 Å². The number of hydrogen-bond donors (Lipinski definition) is 0. The Bertz CT molecular complexity index is 1790. The van der Waals surface area contributed by atoms with Gasteiger partial charge in [-0.05, 0) is 80.0 Å². The number of ether oxygens (including phenoxy) is 1. The second-order valence-electron chi connectivity index (χ2n) is 14.3. The zero-order valence-electron chi connectivity index (χ0n) is 32.3. The fourth-order valence-electron chi connectivity index (χ4n) is 7.58. The van der Waals surface area contributed by atoms with E-state index in [0.29, 0.717) is 12.5 Å². The molecule has 0 bridgehead atoms. The summed E-state index contributed by atoms with van der Waals surface area (Å²) >= 11 is 0. The van der Waals surface area contributed by atoms with Gasteiger partial charge in [-0.3, -0.25) is 9.69 Å². The van der Waals surface area contributed by atoms with Gasteiger partial charge < -0.3 is 9.64 Å². The molecule has 0 radical (unpaired) electrons. The number of piperazine rings is 1. The normalized spacial score (nSPS) is 14.8. The van der Waals surface area contributed by atoms with E-state index in [1.54, 1.807) is 0 Å². The third-order valence-electron chi connectivity index (χ3n) is 10.6. The second-order valence-corrected chi connectivity index (χ2v) is 14.3. The number of benzene rings is 5. The van der Waals surface area contributed by atoms with Crippen LogP contribution in [0.5, 0.6) is 0 Å². The van der Waals surface area contributed by atoms with Crippen molar-refractivity contribution in [3.8, 4) is 0 Å². The van der Waals surface area contributed by atoms with Crippen LogP contribution in [0.15, 0.2) is 127 Å². The predicted molar refractivity (Wildman–Crippen MR) is 217 cm³/mol. The number of nitrogens with zero attached hydrogens (tertiary/aromatic N) is 2. The quantitative estimate of drug-likeness (QED) is 0.0907. The third-order valence-corrected chi connectivity index (χ3v) is 10.6. The van der Waals surface area contributed by atoms with Gasteiger partial charge >= 0.3 is 0 Å². The predicted octanol–water partition coefficient (Wildman–Crippen LogP) is 10.7. The molecule has 1 fully saturated rings. The van der Waals surface area contributed by atoms with Crippen molar-refractivity contribution in [2.75, 3.05) is 39.3 Å². The minimum absolute atomic E-state index is 0.233. The SMILES string of the molecule is CCC(=O)c1cc(C)ccc1C.CCC(OCCCN1CCN(C(c2ccccc2)c2ccccc2)CC1)(c1ccccc1)c1cc(C)ccc1C. The van der Waals surface area contributed by atoms with Gasteiger partial charge in [0.25, 0.3) is 0 Å². The van der Waals surface area contributed by atoms with E-state index in [1.807, 2.05) is 39.0 Å². The summed E-state index contributed by atoms with van der Waals surface area (Å²) in [7, 11) is 0. The molecule has 5 aromatic rings. The summed E-state index contributed by atoms with van der Waals surface area (Å²) in [5.74, 6) is 0.233. The van der Waals surface area contributed by atoms with Crippen LogP contribution in [-0.2, 0) is 10.3 Å². The Labute approximate surface area is 313 Å². The fraction of sp³-hybridized carbons (Fsp3) is 0.354. The van der Waals surface area contributed by atoms with Gasteiger partial charge in [0.05, 0.1) is 6.04 Å². The van der Waals surface area contributed by atoms with E-state index in [9.17, 15) is 4.79 Å². The maximum atomic E-state index is 11.4. The van der Waals surface area contributed by atoms with Crippen LogP contribution in [0.2, 0.25) is 0 Å². The lowest BCUT2D eigenvalue weighted by molar-refractivity contribution is -0.0269. The molecule has 0 aliphatic carbocycles. The average molecular weight is 695 g/mol. The smallest absolute Gasteiger partial charge is 0.162 e. The van der Waals surface area contributed by atoms with Crippen molar-refractivity contribution in [3.05, 3.63) is 177 Å². The molecule has 1 saturated heterocycles. The molecular formula is C48H58N2O2. The number of hydrogen-bond acceptors (Lipinski definition) is 4. The third kappa shape index (κ3) is 9.74. The summed E-state index contributed by atoms with van der Waals surface area (Å²) in [4.78, 5) is 16.6. The highest BCUT2D eigenvalue weighted by Gasteiger charge is 2.35. The van der Waals surface area contributed by atoms with Crippen molar-refractivity contribution in [1.29, 1.82) is 0 Å². The van der Waals surface area contributed by atoms with Crippen LogP contribution in [0.25, 0.3) is 0 Å². The van der Waals surface area contributed by atoms with Gasteiger partial charge in [0.2, 0.25) is 0 Å². The molecule has 1 heterocycles. The molecule has 52 heavy (non-hydrogen) atoms. The summed E-state index contributed by atoms with van der Waals surface area (Å²) in [5.41, 5.74) is 10.5. The first-order valence-corrected chi connectivity index (χ1v) is 19.2. The molecule has 0 saturated carbocycles. The van der Waals surface area contributed by atoms with Crippen molar-refractivity contribution >= 4 is 5.78 Å². The minimum atomic E-state index is -0.422. The first kappa shape index (κ1) is 38.9. The Morgan fingerprint density at radius 2 is 1.21 bits per heavy atom. The van der Waals surface area contributed by atoms with E-state index >= 15 is 0 Å². The van der Waals surface area contributed by atoms with Crippen molar-refractivity contribution in [3.63, 3.8) is 0 Å². The van der Waals surface area contributed by atoms with Gasteiger partial charge in [-0.15, -0.1) is 0 Å². The number of carbonyl (C=O) groups is 1. The highest BCUT2D eigenvalue weighted by Crippen LogP contribution is 2.39. The zero-order valence-corrected chi connectivity index (χ0v) is 32.3. The van der Waals surface area contributed by atoms with Crippen molar-refractivity contribution < 1.29 is 9.53 Å². The monoisotopic (exact) mass is 694 g/mol. The molecule has 1 atom stereocenters. The maximum absolute atomic E-state index is 11.4. The van der Waals surface area contributed by atoms with Gasteiger partial charge in [-0.1, -0.05) is 146 Å². The van der Waals surface area contributed by atoms with Crippen LogP contribution in [0.1, 0.15) is 94.0 Å². The number of Topliss-reactive ketones (excluding diaryl/α,β-unsaturated/α-hetero) is 1. The van der Waals surface area contributed by atoms with E-state index in [0.717, 1.165) is 68.9 Å². The molecular weight excluding hydrogens is 637 g/mol. The van der Waals surface area contributed by atoms with Crippen molar-refractivity contribution in [2.45, 2.75) is 72.4 Å². The molecule has 1 aliphatic heterocycles. The largest absolute Gasteiger partial charge is 0.365 e. The molecule has 1 aliphatic rings. The topological polar surface area (TPSA) is 32.8 Å². The lowest BCUT2D eigenvalue weighted by atomic mass is 9.81. The summed E-state index contributed by atoms with van der Waals surface area (Å²) in [6.45, 7) is 18.6. The van der Waals surface area contributed by atoms with Crippen LogP contribution in [0.4, 0.5) is 0 Å². The van der Waals surface area contributed by atoms with Crippen LogP contribution in [-0.4, -0.2) is 54.9 Å². The molecule has 272 valence electrons. The Morgan fingerprint density at radius 1 is 0.673 bits per heavy atom. The Balaban J connectivity index is 0.000000370. The second kappa shape index (κ2) is 18.9. The van der Waals surface area contributed by atoms with Gasteiger partial charge in [0.15, 0.2) is 5.78 Å². The Hall–Kier alpha value is -4.35. The summed E-state index contributed by atoms with van der Waals surface area (Å²) in [6, 6.07) is 45.8. The molecule has 0 aromatic heterocycles. The van der Waals surface area contributed by atoms with Gasteiger partial charge in [0.1, 0.15) is 5.60 Å². The summed E-state index contributed by atoms with van der Waals surface area (Å²) < 4.78 is 6.92. The molecule has 4 heteroatoms. The summed E-state index contributed by atoms with van der Waals surface area (Å²) in [6.07, 6.45) is 2.52. The Kier molecular flexibility index (Phi) is 14.2. The molecule has 5 aromatic carbocycles. The standard InChI is InChI=1S/C37H44N2O.C11H14O/c1-4-37(34-19-12-7-13-20-34,35-29-30(2)21-22-31(35)3)40-28-14-23-38-24-26-39(27-25-38)36(32-15-8-5-9-16-32)33-17-10-6-11-18-33;1-4-11(12)10-7-8(2)5-6-9(10)3/h5-13,15-22,29,36H,4,14,23-28H2,1-3H3;5-7H,4H2,1-3H3. The van der Waals surface area contributed by atoms with E-state index < -0.39 is 5.60 Å². The number of ketones is 1. The lowest BCUT2D eigenvalue weighted by Gasteiger charge is -2.40. The van der Waals surface area contributed by atoms with E-state index in [-0.39, 0.29) is 5.78 Å². The van der Waals surface area contributed by atoms with Gasteiger partial charge in [0, 0.05) is 51.3 Å². The van der Waals surface area contributed by atoms with E-state index in [4.69, 9.17) is 4.74 Å². The molecule has 4 nitrogen and oxygen atoms in total. The molecule has 1 unspecified atom stereocenters. The molecule has 0 spiro atoms. The van der Waals surface area contributed by atoms with E-state index in [1.165, 1.54) is 33.4 Å². The van der Waals surface area contributed by atoms with Crippen LogP contribution in [0, 0.1) is 27.7 Å². The minimum Gasteiger partial charge on any atom is -0.365 e. The molecule has 0 amide bonds. The van der Waals surface area contributed by atoms with Crippen LogP contribution >= 0.6 is 0 Å². The van der Waals surface area contributed by atoms with Crippen LogP contribution in [0.3, 0.4) is 0 Å². The lowest BCUT2D eigenvalue weighted by Crippen LogP contribution is -2.48. The highest BCUT2D eigenvalue weighted by molar-refractivity contribution is 5.97. The maximum Gasteiger partial charge on any atom is 0.162 e. The fourth-order valence-corrected chi connectivity index (χ4v) is 7.58. The summed E-state index contributed by atoms with van der Waals surface area (Å²) in [5, 5.41) is 0. The first-order chi connectivity index (χ1) is 25.3. The van der Waals surface area contributed by atoms with Crippen LogP contribution < -0.4 is 0 Å². The number of aryl methyl sites for hydroxylation is 4. The Morgan fingerprint density at radius 3 is 1.77 bits per heavy atom. The van der Waals surface area contributed by atoms with E-state index in [2.05, 4.69) is 140 Å². The highest BCUT2D eigenvalue weighted by atomic mass is 16.5. The number of carbonyl (C=O) groups excluding carboxylic acids is 1.